The van der Waals surface area contributed by atoms with Crippen molar-refractivity contribution in [3.8, 4) is 0 Å². The molecule has 3 aromatic rings. The summed E-state index contributed by atoms with van der Waals surface area (Å²) in [5.74, 6) is 0.493. The minimum Gasteiger partial charge on any atom is -0.467 e. The third-order valence-electron chi connectivity index (χ3n) is 5.34. The SMILES string of the molecule is O=C(NCc1ccccc1)C1CN(Cc2ccc(Cl)s2)CCN1C(=O)NCc1ccco1. The Morgan fingerprint density at radius 1 is 1.03 bits per heavy atom. The third kappa shape index (κ3) is 5.91. The molecule has 2 aromatic heterocycles. The minimum absolute atomic E-state index is 0.170. The number of nitrogens with one attached hydrogen (secondary N) is 2. The van der Waals surface area contributed by atoms with Crippen molar-refractivity contribution in [3.63, 3.8) is 0 Å². The van der Waals surface area contributed by atoms with Crippen molar-refractivity contribution in [2.75, 3.05) is 19.6 Å². The second kappa shape index (κ2) is 10.7. The van der Waals surface area contributed by atoms with E-state index in [1.54, 1.807) is 23.3 Å². The lowest BCUT2D eigenvalue weighted by Gasteiger charge is -2.40. The van der Waals surface area contributed by atoms with Crippen LogP contribution in [0.25, 0.3) is 0 Å². The molecule has 3 heterocycles. The Morgan fingerprint density at radius 2 is 1.88 bits per heavy atom. The standard InChI is InChI=1S/C23H25ClN4O3S/c24-21-9-8-19(32-21)15-27-10-11-28(23(30)26-14-18-7-4-12-31-18)20(16-27)22(29)25-13-17-5-2-1-3-6-17/h1-9,12,20H,10-11,13-16H2,(H,25,29)(H,26,30). The summed E-state index contributed by atoms with van der Waals surface area (Å²) in [7, 11) is 0. The third-order valence-corrected chi connectivity index (χ3v) is 6.56. The molecule has 0 saturated carbocycles. The van der Waals surface area contributed by atoms with E-state index in [1.165, 1.54) is 11.3 Å². The average Bonchev–Trinajstić information content (AvgIpc) is 3.48. The highest BCUT2D eigenvalue weighted by Gasteiger charge is 2.35. The van der Waals surface area contributed by atoms with Gasteiger partial charge in [0.05, 0.1) is 17.1 Å². The fourth-order valence-electron chi connectivity index (χ4n) is 3.69. The molecule has 1 atom stereocenters. The summed E-state index contributed by atoms with van der Waals surface area (Å²) in [4.78, 5) is 31.0. The van der Waals surface area contributed by atoms with Gasteiger partial charge in [0.1, 0.15) is 11.8 Å². The summed E-state index contributed by atoms with van der Waals surface area (Å²) in [6, 6.07) is 16.3. The van der Waals surface area contributed by atoms with Crippen molar-refractivity contribution in [1.82, 2.24) is 20.4 Å². The maximum Gasteiger partial charge on any atom is 0.318 e. The van der Waals surface area contributed by atoms with Crippen LogP contribution < -0.4 is 10.6 Å². The quantitative estimate of drug-likeness (QED) is 0.549. The maximum absolute atomic E-state index is 13.1. The molecule has 1 unspecified atom stereocenters. The van der Waals surface area contributed by atoms with Gasteiger partial charge in [-0.25, -0.2) is 4.79 Å². The van der Waals surface area contributed by atoms with Crippen molar-refractivity contribution in [3.05, 3.63) is 81.4 Å². The predicted octanol–water partition coefficient (Wildman–Crippen LogP) is 3.71. The van der Waals surface area contributed by atoms with Gasteiger partial charge in [0.25, 0.3) is 0 Å². The van der Waals surface area contributed by atoms with E-state index in [4.69, 9.17) is 16.0 Å². The van der Waals surface area contributed by atoms with E-state index in [0.717, 1.165) is 14.8 Å². The second-order valence-corrected chi connectivity index (χ2v) is 9.39. The molecule has 1 aliphatic rings. The Hall–Kier alpha value is -2.81. The summed E-state index contributed by atoms with van der Waals surface area (Å²) in [5, 5.41) is 5.85. The van der Waals surface area contributed by atoms with Gasteiger partial charge in [0.15, 0.2) is 0 Å². The van der Waals surface area contributed by atoms with Gasteiger partial charge in [0.2, 0.25) is 5.91 Å². The lowest BCUT2D eigenvalue weighted by atomic mass is 10.1. The molecule has 32 heavy (non-hydrogen) atoms. The zero-order valence-corrected chi connectivity index (χ0v) is 19.1. The highest BCUT2D eigenvalue weighted by atomic mass is 35.5. The van der Waals surface area contributed by atoms with Crippen molar-refractivity contribution >= 4 is 34.9 Å². The first-order valence-corrected chi connectivity index (χ1v) is 11.6. The molecule has 2 N–H and O–H groups in total. The molecule has 0 bridgehead atoms. The number of urea groups is 1. The smallest absolute Gasteiger partial charge is 0.318 e. The summed E-state index contributed by atoms with van der Waals surface area (Å²) >= 11 is 7.60. The highest BCUT2D eigenvalue weighted by molar-refractivity contribution is 7.16. The molecule has 1 aliphatic heterocycles. The molecular formula is C23H25ClN4O3S. The topological polar surface area (TPSA) is 77.8 Å². The van der Waals surface area contributed by atoms with E-state index in [9.17, 15) is 9.59 Å². The molecule has 0 aliphatic carbocycles. The van der Waals surface area contributed by atoms with E-state index in [1.807, 2.05) is 42.5 Å². The largest absolute Gasteiger partial charge is 0.467 e. The fourth-order valence-corrected chi connectivity index (χ4v) is 4.82. The number of carbonyl (C=O) groups excluding carboxylic acids is 2. The number of thiophene rings is 1. The van der Waals surface area contributed by atoms with Crippen LogP contribution in [-0.2, 0) is 24.4 Å². The van der Waals surface area contributed by atoms with Crippen LogP contribution in [-0.4, -0.2) is 47.4 Å². The minimum atomic E-state index is -0.598. The summed E-state index contributed by atoms with van der Waals surface area (Å²) in [5.41, 5.74) is 1.01. The Labute approximate surface area is 196 Å². The molecule has 7 nitrogen and oxygen atoms in total. The summed E-state index contributed by atoms with van der Waals surface area (Å²) in [6.07, 6.45) is 1.57. The van der Waals surface area contributed by atoms with Crippen LogP contribution in [0.5, 0.6) is 0 Å². The Kier molecular flexibility index (Phi) is 7.47. The molecule has 168 valence electrons. The molecule has 1 aromatic carbocycles. The number of rotatable bonds is 7. The summed E-state index contributed by atoms with van der Waals surface area (Å²) in [6.45, 7) is 2.96. The predicted molar refractivity (Wildman–Crippen MR) is 124 cm³/mol. The van der Waals surface area contributed by atoms with Crippen LogP contribution in [0.1, 0.15) is 16.2 Å². The van der Waals surface area contributed by atoms with Gasteiger partial charge in [0, 0.05) is 37.6 Å². The zero-order valence-electron chi connectivity index (χ0n) is 17.5. The highest BCUT2D eigenvalue weighted by Crippen LogP contribution is 2.24. The van der Waals surface area contributed by atoms with Crippen LogP contribution in [0.15, 0.2) is 65.3 Å². The lowest BCUT2D eigenvalue weighted by Crippen LogP contribution is -2.62. The monoisotopic (exact) mass is 472 g/mol. The Bertz CT molecular complexity index is 1030. The number of carbonyl (C=O) groups is 2. The van der Waals surface area contributed by atoms with Crippen molar-refractivity contribution < 1.29 is 14.0 Å². The Morgan fingerprint density at radius 3 is 2.59 bits per heavy atom. The van der Waals surface area contributed by atoms with E-state index in [0.29, 0.717) is 38.5 Å². The van der Waals surface area contributed by atoms with Gasteiger partial charge in [-0.3, -0.25) is 9.69 Å². The fraction of sp³-hybridized carbons (Fsp3) is 0.304. The van der Waals surface area contributed by atoms with Gasteiger partial charge >= 0.3 is 6.03 Å². The summed E-state index contributed by atoms with van der Waals surface area (Å²) < 4.78 is 6.03. The van der Waals surface area contributed by atoms with Crippen LogP contribution >= 0.6 is 22.9 Å². The maximum atomic E-state index is 13.1. The first-order valence-electron chi connectivity index (χ1n) is 10.4. The van der Waals surface area contributed by atoms with Crippen LogP contribution in [0.4, 0.5) is 4.79 Å². The Balaban J connectivity index is 1.42. The number of hydrogen-bond donors (Lipinski definition) is 2. The molecule has 0 radical (unpaired) electrons. The first-order chi connectivity index (χ1) is 15.6. The first kappa shape index (κ1) is 22.4. The number of piperazine rings is 1. The van der Waals surface area contributed by atoms with E-state index < -0.39 is 6.04 Å². The number of furan rings is 1. The molecule has 1 saturated heterocycles. The molecular weight excluding hydrogens is 448 g/mol. The average molecular weight is 473 g/mol. The van der Waals surface area contributed by atoms with Crippen LogP contribution in [0.2, 0.25) is 4.34 Å². The van der Waals surface area contributed by atoms with Crippen molar-refractivity contribution in [2.45, 2.75) is 25.7 Å². The molecule has 3 amide bonds. The lowest BCUT2D eigenvalue weighted by molar-refractivity contribution is -0.127. The van der Waals surface area contributed by atoms with E-state index in [2.05, 4.69) is 15.5 Å². The van der Waals surface area contributed by atoms with Gasteiger partial charge < -0.3 is 20.0 Å². The van der Waals surface area contributed by atoms with Gasteiger partial charge in [-0.1, -0.05) is 41.9 Å². The second-order valence-electron chi connectivity index (χ2n) is 7.59. The molecule has 4 rings (SSSR count). The molecule has 9 heteroatoms. The molecule has 1 fully saturated rings. The zero-order chi connectivity index (χ0) is 22.3. The number of hydrogen-bond acceptors (Lipinski definition) is 5. The number of amides is 3. The van der Waals surface area contributed by atoms with Gasteiger partial charge in [-0.05, 0) is 29.8 Å². The van der Waals surface area contributed by atoms with E-state index >= 15 is 0 Å². The van der Waals surface area contributed by atoms with Gasteiger partial charge in [-0.2, -0.15) is 0 Å². The van der Waals surface area contributed by atoms with Crippen molar-refractivity contribution in [1.29, 1.82) is 0 Å². The van der Waals surface area contributed by atoms with Gasteiger partial charge in [-0.15, -0.1) is 11.3 Å². The normalized spacial score (nSPS) is 16.7. The van der Waals surface area contributed by atoms with Crippen molar-refractivity contribution in [2.24, 2.45) is 0 Å². The number of nitrogens with zero attached hydrogens (tertiary/aromatic N) is 2. The number of halogens is 1. The van der Waals surface area contributed by atoms with Crippen LogP contribution in [0.3, 0.4) is 0 Å². The van der Waals surface area contributed by atoms with E-state index in [-0.39, 0.29) is 18.5 Å². The number of benzene rings is 1. The van der Waals surface area contributed by atoms with Crippen LogP contribution in [0, 0.1) is 0 Å². The molecule has 0 spiro atoms.